The number of H-pyrrole nitrogens is 1. The van der Waals surface area contributed by atoms with Crippen LogP contribution in [0, 0.1) is 0 Å². The van der Waals surface area contributed by atoms with E-state index in [0.29, 0.717) is 5.69 Å². The second kappa shape index (κ2) is 7.88. The fourth-order valence-electron chi connectivity index (χ4n) is 3.08. The van der Waals surface area contributed by atoms with Gasteiger partial charge in [-0.25, -0.2) is 0 Å². The first-order chi connectivity index (χ1) is 14.0. The van der Waals surface area contributed by atoms with Crippen LogP contribution >= 0.6 is 15.9 Å². The standard InChI is InChI=1S/C20H16BrN5O3/c21-11-6-8-13(9-7-11)22-18(28)14-10-15(27)24-17-16(14)19(29)26-20(25-17)23-12-4-2-1-3-5-12/h1-9,14H,10H2,(H,22,28)(H3,23,24,25,26,27,29)/t14-/m1/s1. The van der Waals surface area contributed by atoms with Crippen molar-refractivity contribution in [2.45, 2.75) is 12.3 Å². The molecule has 2 heterocycles. The van der Waals surface area contributed by atoms with Gasteiger partial charge in [0.05, 0.1) is 11.5 Å². The number of carbonyl (C=O) groups excluding carboxylic acids is 2. The lowest BCUT2D eigenvalue weighted by atomic mass is 9.92. The second-order valence-corrected chi connectivity index (χ2v) is 7.38. The fraction of sp³-hybridized carbons (Fsp3) is 0.100. The summed E-state index contributed by atoms with van der Waals surface area (Å²) in [6.07, 6.45) is -0.133. The first-order valence-corrected chi connectivity index (χ1v) is 9.61. The van der Waals surface area contributed by atoms with Gasteiger partial charge in [0.25, 0.3) is 5.56 Å². The molecular weight excluding hydrogens is 438 g/mol. The molecule has 0 spiro atoms. The highest BCUT2D eigenvalue weighted by Crippen LogP contribution is 2.30. The average Bonchev–Trinajstić information content (AvgIpc) is 2.69. The molecule has 1 aliphatic heterocycles. The van der Waals surface area contributed by atoms with E-state index < -0.39 is 17.4 Å². The van der Waals surface area contributed by atoms with E-state index >= 15 is 0 Å². The van der Waals surface area contributed by atoms with Gasteiger partial charge >= 0.3 is 0 Å². The minimum atomic E-state index is -0.940. The number of fused-ring (bicyclic) bond motifs is 1. The van der Waals surface area contributed by atoms with Crippen molar-refractivity contribution in [1.82, 2.24) is 9.97 Å². The molecule has 1 aromatic heterocycles. The van der Waals surface area contributed by atoms with Gasteiger partial charge < -0.3 is 16.0 Å². The van der Waals surface area contributed by atoms with Gasteiger partial charge in [-0.2, -0.15) is 4.98 Å². The number of hydrogen-bond acceptors (Lipinski definition) is 5. The normalized spacial score (nSPS) is 15.2. The third kappa shape index (κ3) is 4.19. The third-order valence-electron chi connectivity index (χ3n) is 4.42. The first kappa shape index (κ1) is 18.9. The van der Waals surface area contributed by atoms with Crippen LogP contribution in [-0.4, -0.2) is 21.8 Å². The van der Waals surface area contributed by atoms with Crippen molar-refractivity contribution >= 4 is 50.9 Å². The van der Waals surface area contributed by atoms with Gasteiger partial charge in [0.2, 0.25) is 17.8 Å². The van der Waals surface area contributed by atoms with Crippen LogP contribution in [0.1, 0.15) is 17.9 Å². The lowest BCUT2D eigenvalue weighted by molar-refractivity contribution is -0.123. The maximum Gasteiger partial charge on any atom is 0.258 e. The summed E-state index contributed by atoms with van der Waals surface area (Å²) in [5.74, 6) is -1.50. The van der Waals surface area contributed by atoms with E-state index in [1.165, 1.54) is 0 Å². The number of halogens is 1. The largest absolute Gasteiger partial charge is 0.326 e. The van der Waals surface area contributed by atoms with Crippen LogP contribution in [0.3, 0.4) is 0 Å². The summed E-state index contributed by atoms with van der Waals surface area (Å²) in [5, 5.41) is 8.31. The number of rotatable bonds is 4. The average molecular weight is 454 g/mol. The molecule has 0 aliphatic carbocycles. The lowest BCUT2D eigenvalue weighted by Crippen LogP contribution is -2.36. The molecule has 0 radical (unpaired) electrons. The van der Waals surface area contributed by atoms with E-state index in [-0.39, 0.29) is 29.7 Å². The zero-order valence-electron chi connectivity index (χ0n) is 15.0. The Morgan fingerprint density at radius 3 is 2.48 bits per heavy atom. The number of hydrogen-bond donors (Lipinski definition) is 4. The van der Waals surface area contributed by atoms with Crippen LogP contribution in [-0.2, 0) is 9.59 Å². The quantitative estimate of drug-likeness (QED) is 0.483. The van der Waals surface area contributed by atoms with E-state index in [1.54, 1.807) is 24.3 Å². The number of aromatic amines is 1. The Labute approximate surface area is 173 Å². The molecule has 0 saturated heterocycles. The number of anilines is 4. The molecule has 2 aromatic carbocycles. The Morgan fingerprint density at radius 2 is 1.76 bits per heavy atom. The molecule has 146 valence electrons. The topological polar surface area (TPSA) is 116 Å². The van der Waals surface area contributed by atoms with Gasteiger partial charge in [0.1, 0.15) is 5.82 Å². The molecule has 4 N–H and O–H groups in total. The monoisotopic (exact) mass is 453 g/mol. The Kier molecular flexibility index (Phi) is 5.13. The molecule has 1 atom stereocenters. The SMILES string of the molecule is O=C1C[C@@H](C(=O)Nc2ccc(Br)cc2)c2c(nc(Nc3ccccc3)[nH]c2=O)N1. The Bertz CT molecular complexity index is 1130. The summed E-state index contributed by atoms with van der Waals surface area (Å²) < 4.78 is 0.872. The molecule has 0 unspecified atom stereocenters. The fourth-order valence-corrected chi connectivity index (χ4v) is 3.34. The summed E-state index contributed by atoms with van der Waals surface area (Å²) >= 11 is 3.33. The highest BCUT2D eigenvalue weighted by Gasteiger charge is 2.34. The van der Waals surface area contributed by atoms with Crippen LogP contribution in [0.15, 0.2) is 63.9 Å². The van der Waals surface area contributed by atoms with Gasteiger partial charge in [0, 0.05) is 22.3 Å². The molecule has 9 heteroatoms. The Balaban J connectivity index is 1.63. The minimum Gasteiger partial charge on any atom is -0.326 e. The van der Waals surface area contributed by atoms with Gasteiger partial charge in [0.15, 0.2) is 0 Å². The molecule has 1 aliphatic rings. The molecule has 0 saturated carbocycles. The third-order valence-corrected chi connectivity index (χ3v) is 4.94. The molecule has 2 amide bonds. The second-order valence-electron chi connectivity index (χ2n) is 6.47. The number of nitrogens with one attached hydrogen (secondary N) is 4. The first-order valence-electron chi connectivity index (χ1n) is 8.82. The van der Waals surface area contributed by atoms with Gasteiger partial charge in [-0.15, -0.1) is 0 Å². The minimum absolute atomic E-state index is 0.0828. The smallest absolute Gasteiger partial charge is 0.258 e. The van der Waals surface area contributed by atoms with E-state index in [4.69, 9.17) is 0 Å². The van der Waals surface area contributed by atoms with Crippen LogP contribution in [0.5, 0.6) is 0 Å². The highest BCUT2D eigenvalue weighted by atomic mass is 79.9. The maximum absolute atomic E-state index is 12.8. The Hall–Kier alpha value is -3.46. The van der Waals surface area contributed by atoms with E-state index in [0.717, 1.165) is 10.2 Å². The van der Waals surface area contributed by atoms with Crippen LogP contribution < -0.4 is 21.5 Å². The van der Waals surface area contributed by atoms with Crippen molar-refractivity contribution in [2.75, 3.05) is 16.0 Å². The van der Waals surface area contributed by atoms with E-state index in [2.05, 4.69) is 41.8 Å². The molecule has 0 bridgehead atoms. The van der Waals surface area contributed by atoms with E-state index in [1.807, 2.05) is 30.3 Å². The Morgan fingerprint density at radius 1 is 1.03 bits per heavy atom. The molecule has 8 nitrogen and oxygen atoms in total. The van der Waals surface area contributed by atoms with Gasteiger partial charge in [-0.1, -0.05) is 34.1 Å². The van der Waals surface area contributed by atoms with Crippen LogP contribution in [0.4, 0.5) is 23.1 Å². The summed E-state index contributed by atoms with van der Waals surface area (Å²) in [4.78, 5) is 44.6. The number of amides is 2. The van der Waals surface area contributed by atoms with Crippen LogP contribution in [0.25, 0.3) is 0 Å². The van der Waals surface area contributed by atoms with Crippen molar-refractivity contribution in [2.24, 2.45) is 0 Å². The zero-order chi connectivity index (χ0) is 20.4. The van der Waals surface area contributed by atoms with E-state index in [9.17, 15) is 14.4 Å². The van der Waals surface area contributed by atoms with Crippen molar-refractivity contribution in [3.8, 4) is 0 Å². The number of aromatic nitrogens is 2. The number of para-hydroxylation sites is 1. The summed E-state index contributed by atoms with van der Waals surface area (Å²) in [6, 6.07) is 16.2. The summed E-state index contributed by atoms with van der Waals surface area (Å²) in [5.41, 5.74) is 0.946. The van der Waals surface area contributed by atoms with Crippen molar-refractivity contribution in [1.29, 1.82) is 0 Å². The summed E-state index contributed by atoms with van der Waals surface area (Å²) in [6.45, 7) is 0. The lowest BCUT2D eigenvalue weighted by Gasteiger charge is -2.23. The molecule has 4 rings (SSSR count). The van der Waals surface area contributed by atoms with Crippen molar-refractivity contribution in [3.05, 3.63) is 75.0 Å². The van der Waals surface area contributed by atoms with Crippen LogP contribution in [0.2, 0.25) is 0 Å². The number of benzene rings is 2. The van der Waals surface area contributed by atoms with Gasteiger partial charge in [-0.3, -0.25) is 19.4 Å². The molecular formula is C20H16BrN5O3. The predicted octanol–water partition coefficient (Wildman–Crippen LogP) is 3.34. The molecule has 3 aromatic rings. The maximum atomic E-state index is 12.8. The molecule has 0 fully saturated rings. The highest BCUT2D eigenvalue weighted by molar-refractivity contribution is 9.10. The predicted molar refractivity (Wildman–Crippen MR) is 113 cm³/mol. The number of nitrogens with zero attached hydrogens (tertiary/aromatic N) is 1. The van der Waals surface area contributed by atoms with Gasteiger partial charge in [-0.05, 0) is 36.4 Å². The zero-order valence-corrected chi connectivity index (χ0v) is 16.6. The molecule has 29 heavy (non-hydrogen) atoms. The van der Waals surface area contributed by atoms with Crippen molar-refractivity contribution in [3.63, 3.8) is 0 Å². The summed E-state index contributed by atoms with van der Waals surface area (Å²) in [7, 11) is 0. The van der Waals surface area contributed by atoms with Crippen molar-refractivity contribution < 1.29 is 9.59 Å². The number of carbonyl (C=O) groups is 2.